The maximum Gasteiger partial charge on any atom is 0.242 e. The molecule has 1 unspecified atom stereocenters. The summed E-state index contributed by atoms with van der Waals surface area (Å²) in [7, 11) is 1.60. The summed E-state index contributed by atoms with van der Waals surface area (Å²) in [6, 6.07) is -0.339. The van der Waals surface area contributed by atoms with E-state index in [0.29, 0.717) is 18.3 Å². The van der Waals surface area contributed by atoms with Crippen LogP contribution in [-0.4, -0.2) is 43.9 Å². The molecule has 0 aliphatic heterocycles. The van der Waals surface area contributed by atoms with Crippen LogP contribution in [0.5, 0.6) is 0 Å². The Labute approximate surface area is 109 Å². The number of amides is 1. The van der Waals surface area contributed by atoms with Gasteiger partial charge < -0.3 is 20.7 Å². The summed E-state index contributed by atoms with van der Waals surface area (Å²) in [5, 5.41) is 9.25. The number of rotatable bonds is 8. The highest BCUT2D eigenvalue weighted by molar-refractivity contribution is 7.80. The van der Waals surface area contributed by atoms with Crippen molar-refractivity contribution in [2.75, 3.05) is 26.8 Å². The quantitative estimate of drug-likeness (QED) is 0.436. The van der Waals surface area contributed by atoms with Crippen LogP contribution in [0.1, 0.15) is 26.7 Å². The van der Waals surface area contributed by atoms with E-state index < -0.39 is 0 Å². The van der Waals surface area contributed by atoms with Gasteiger partial charge in [0.25, 0.3) is 0 Å². The van der Waals surface area contributed by atoms with Gasteiger partial charge in [-0.05, 0) is 25.6 Å². The van der Waals surface area contributed by atoms with E-state index in [1.807, 2.05) is 0 Å². The van der Waals surface area contributed by atoms with Gasteiger partial charge in [0.05, 0.1) is 6.61 Å². The zero-order chi connectivity index (χ0) is 13.1. The van der Waals surface area contributed by atoms with Gasteiger partial charge in [-0.1, -0.05) is 13.3 Å². The molecule has 0 fully saturated rings. The van der Waals surface area contributed by atoms with Crippen LogP contribution in [-0.2, 0) is 9.53 Å². The fraction of sp³-hybridized carbons (Fsp3) is 0.818. The van der Waals surface area contributed by atoms with E-state index in [1.165, 1.54) is 0 Å². The molecule has 0 saturated heterocycles. The molecule has 5 nitrogen and oxygen atoms in total. The minimum atomic E-state index is -0.339. The molecule has 0 rings (SSSR count). The Balaban J connectivity index is 3.71. The minimum absolute atomic E-state index is 0.0818. The highest BCUT2D eigenvalue weighted by Gasteiger charge is 2.12. The largest absolute Gasteiger partial charge is 0.383 e. The van der Waals surface area contributed by atoms with Crippen LogP contribution in [0.25, 0.3) is 0 Å². The molecule has 0 aromatic carbocycles. The van der Waals surface area contributed by atoms with Gasteiger partial charge in [0, 0.05) is 20.2 Å². The maximum atomic E-state index is 11.6. The molecule has 0 bridgehead atoms. The van der Waals surface area contributed by atoms with Crippen molar-refractivity contribution in [3.63, 3.8) is 0 Å². The number of unbranched alkanes of at least 4 members (excludes halogenated alkanes) is 1. The minimum Gasteiger partial charge on any atom is -0.383 e. The molecule has 0 heterocycles. The van der Waals surface area contributed by atoms with Crippen molar-refractivity contribution >= 4 is 23.2 Å². The second-order valence-electron chi connectivity index (χ2n) is 3.76. The van der Waals surface area contributed by atoms with Crippen molar-refractivity contribution in [2.45, 2.75) is 32.7 Å². The second-order valence-corrected chi connectivity index (χ2v) is 4.17. The van der Waals surface area contributed by atoms with Crippen molar-refractivity contribution in [3.05, 3.63) is 0 Å². The Morgan fingerprint density at radius 3 is 2.65 bits per heavy atom. The van der Waals surface area contributed by atoms with Crippen LogP contribution in [0.2, 0.25) is 0 Å². The first-order valence-corrected chi connectivity index (χ1v) is 6.33. The zero-order valence-corrected chi connectivity index (χ0v) is 11.7. The maximum absolute atomic E-state index is 11.6. The molecule has 0 aromatic heterocycles. The van der Waals surface area contributed by atoms with Gasteiger partial charge in [0.2, 0.25) is 5.91 Å². The third-order valence-electron chi connectivity index (χ3n) is 2.16. The summed E-state index contributed by atoms with van der Waals surface area (Å²) < 4.78 is 4.85. The molecule has 0 radical (unpaired) electrons. The van der Waals surface area contributed by atoms with E-state index in [0.717, 1.165) is 19.4 Å². The number of hydrogen-bond acceptors (Lipinski definition) is 3. The van der Waals surface area contributed by atoms with Gasteiger partial charge in [0.15, 0.2) is 5.11 Å². The number of hydrogen-bond donors (Lipinski definition) is 3. The lowest BCUT2D eigenvalue weighted by Crippen LogP contribution is -2.48. The Bertz CT molecular complexity index is 237. The van der Waals surface area contributed by atoms with E-state index in [2.05, 4.69) is 22.9 Å². The lowest BCUT2D eigenvalue weighted by molar-refractivity contribution is -0.122. The molecular formula is C11H23N3O2S. The summed E-state index contributed by atoms with van der Waals surface area (Å²) in [4.78, 5) is 11.6. The SMILES string of the molecule is CCCCNC(=S)NC(C)C(=O)NCCOC. The Morgan fingerprint density at radius 2 is 2.06 bits per heavy atom. The summed E-state index contributed by atoms with van der Waals surface area (Å²) in [6.45, 7) is 5.75. The van der Waals surface area contributed by atoms with E-state index >= 15 is 0 Å². The molecule has 17 heavy (non-hydrogen) atoms. The molecule has 3 N–H and O–H groups in total. The number of nitrogens with one attached hydrogen (secondary N) is 3. The third kappa shape index (κ3) is 8.88. The van der Waals surface area contributed by atoms with Crippen LogP contribution in [0, 0.1) is 0 Å². The highest BCUT2D eigenvalue weighted by atomic mass is 32.1. The van der Waals surface area contributed by atoms with Gasteiger partial charge in [-0.15, -0.1) is 0 Å². The number of carbonyl (C=O) groups excluding carboxylic acids is 1. The standard InChI is InChI=1S/C11H23N3O2S/c1-4-5-6-13-11(17)14-9(2)10(15)12-7-8-16-3/h9H,4-8H2,1-3H3,(H,12,15)(H2,13,14,17). The molecular weight excluding hydrogens is 238 g/mol. The summed E-state index contributed by atoms with van der Waals surface area (Å²) in [5.74, 6) is -0.0818. The lowest BCUT2D eigenvalue weighted by Gasteiger charge is -2.16. The molecule has 0 spiro atoms. The van der Waals surface area contributed by atoms with Gasteiger partial charge in [0.1, 0.15) is 6.04 Å². The van der Waals surface area contributed by atoms with Crippen molar-refractivity contribution in [2.24, 2.45) is 0 Å². The summed E-state index contributed by atoms with van der Waals surface area (Å²) >= 11 is 5.07. The molecule has 1 atom stereocenters. The molecule has 0 aliphatic carbocycles. The Hall–Kier alpha value is -0.880. The normalized spacial score (nSPS) is 11.7. The van der Waals surface area contributed by atoms with E-state index in [-0.39, 0.29) is 11.9 Å². The topological polar surface area (TPSA) is 62.4 Å². The van der Waals surface area contributed by atoms with Crippen LogP contribution < -0.4 is 16.0 Å². The first-order chi connectivity index (χ1) is 8.11. The predicted molar refractivity (Wildman–Crippen MR) is 73.0 cm³/mol. The number of ether oxygens (including phenoxy) is 1. The van der Waals surface area contributed by atoms with E-state index in [9.17, 15) is 4.79 Å². The van der Waals surface area contributed by atoms with Gasteiger partial charge in [-0.3, -0.25) is 4.79 Å². The van der Waals surface area contributed by atoms with E-state index in [4.69, 9.17) is 17.0 Å². The molecule has 1 amide bonds. The smallest absolute Gasteiger partial charge is 0.242 e. The fourth-order valence-electron chi connectivity index (χ4n) is 1.12. The molecule has 0 aromatic rings. The van der Waals surface area contributed by atoms with Crippen LogP contribution in [0.15, 0.2) is 0 Å². The summed E-state index contributed by atoms with van der Waals surface area (Å²) in [6.07, 6.45) is 2.18. The van der Waals surface area contributed by atoms with Crippen molar-refractivity contribution < 1.29 is 9.53 Å². The molecule has 0 aliphatic rings. The molecule has 6 heteroatoms. The fourth-order valence-corrected chi connectivity index (χ4v) is 1.40. The summed E-state index contributed by atoms with van der Waals surface area (Å²) in [5.41, 5.74) is 0. The number of thiocarbonyl (C=S) groups is 1. The van der Waals surface area contributed by atoms with Gasteiger partial charge in [-0.2, -0.15) is 0 Å². The zero-order valence-electron chi connectivity index (χ0n) is 10.8. The van der Waals surface area contributed by atoms with Crippen molar-refractivity contribution in [1.29, 1.82) is 0 Å². The monoisotopic (exact) mass is 261 g/mol. The first kappa shape index (κ1) is 16.1. The Kier molecular flexibility index (Phi) is 9.75. The third-order valence-corrected chi connectivity index (χ3v) is 2.42. The molecule has 0 saturated carbocycles. The first-order valence-electron chi connectivity index (χ1n) is 5.92. The van der Waals surface area contributed by atoms with Crippen LogP contribution in [0.4, 0.5) is 0 Å². The van der Waals surface area contributed by atoms with Crippen LogP contribution in [0.3, 0.4) is 0 Å². The van der Waals surface area contributed by atoms with Gasteiger partial charge in [-0.25, -0.2) is 0 Å². The average molecular weight is 261 g/mol. The Morgan fingerprint density at radius 1 is 1.35 bits per heavy atom. The van der Waals surface area contributed by atoms with Crippen molar-refractivity contribution in [1.82, 2.24) is 16.0 Å². The van der Waals surface area contributed by atoms with Gasteiger partial charge >= 0.3 is 0 Å². The number of carbonyl (C=O) groups is 1. The van der Waals surface area contributed by atoms with Crippen molar-refractivity contribution in [3.8, 4) is 0 Å². The highest BCUT2D eigenvalue weighted by Crippen LogP contribution is 1.85. The van der Waals surface area contributed by atoms with Crippen LogP contribution >= 0.6 is 12.2 Å². The average Bonchev–Trinajstić information content (AvgIpc) is 2.29. The second kappa shape index (κ2) is 10.3. The number of methoxy groups -OCH3 is 1. The van der Waals surface area contributed by atoms with E-state index in [1.54, 1.807) is 14.0 Å². The molecule has 100 valence electrons. The predicted octanol–water partition coefficient (Wildman–Crippen LogP) is 0.402. The lowest BCUT2D eigenvalue weighted by atomic mass is 10.3.